The molecule has 0 aliphatic rings. The molecular weight excluding hydrogens is 439 g/mol. The molecular formula is C24H23FN6O3. The van der Waals surface area contributed by atoms with E-state index in [4.69, 9.17) is 10.5 Å². The van der Waals surface area contributed by atoms with Crippen LogP contribution in [0.15, 0.2) is 48.8 Å². The summed E-state index contributed by atoms with van der Waals surface area (Å²) in [5.41, 5.74) is 9.29. The molecule has 0 bridgehead atoms. The number of hydrogen-bond donors (Lipinski definition) is 2. The van der Waals surface area contributed by atoms with Crippen molar-refractivity contribution >= 4 is 17.5 Å². The Morgan fingerprint density at radius 2 is 1.88 bits per heavy atom. The van der Waals surface area contributed by atoms with Gasteiger partial charge in [-0.25, -0.2) is 18.9 Å². The Kier molecular flexibility index (Phi) is 6.48. The summed E-state index contributed by atoms with van der Waals surface area (Å²) in [6.45, 7) is 4.02. The molecule has 9 nitrogen and oxygen atoms in total. The maximum Gasteiger partial charge on any atom is 0.254 e. The molecule has 1 aromatic carbocycles. The van der Waals surface area contributed by atoms with Crippen LogP contribution in [0.3, 0.4) is 0 Å². The number of primary amides is 1. The third kappa shape index (κ3) is 5.01. The number of nitrogens with two attached hydrogens (primary N) is 1. The summed E-state index contributed by atoms with van der Waals surface area (Å²) < 4.78 is 20.1. The summed E-state index contributed by atoms with van der Waals surface area (Å²) in [6.07, 6.45) is 3.75. The average Bonchev–Trinajstić information content (AvgIpc) is 3.24. The fourth-order valence-electron chi connectivity index (χ4n) is 3.57. The molecule has 0 saturated carbocycles. The van der Waals surface area contributed by atoms with Crippen LogP contribution in [-0.4, -0.2) is 31.4 Å². The first-order valence-electron chi connectivity index (χ1n) is 10.6. The zero-order chi connectivity index (χ0) is 24.2. The minimum atomic E-state index is -0.585. The highest BCUT2D eigenvalue weighted by Crippen LogP contribution is 2.20. The lowest BCUT2D eigenvalue weighted by atomic mass is 10.1. The van der Waals surface area contributed by atoms with Gasteiger partial charge in [0.1, 0.15) is 17.1 Å². The minimum Gasteiger partial charge on any atom is -0.439 e. The third-order valence-corrected chi connectivity index (χ3v) is 5.40. The van der Waals surface area contributed by atoms with Crippen LogP contribution >= 0.6 is 0 Å². The molecule has 34 heavy (non-hydrogen) atoms. The molecule has 10 heteroatoms. The number of amides is 2. The van der Waals surface area contributed by atoms with Gasteiger partial charge in [0, 0.05) is 36.6 Å². The SMILES string of the molecule is Cc1nc2c(C(N)=O)cnn2c(C)c1CCC(=O)NCc1ccc(Oc2ccc(F)cc2)nc1. The molecule has 0 radical (unpaired) electrons. The molecule has 0 saturated heterocycles. The van der Waals surface area contributed by atoms with Crippen molar-refractivity contribution in [2.45, 2.75) is 33.2 Å². The van der Waals surface area contributed by atoms with Crippen LogP contribution in [0, 0.1) is 19.7 Å². The number of pyridine rings is 1. The van der Waals surface area contributed by atoms with Gasteiger partial charge in [0.25, 0.3) is 5.91 Å². The molecule has 0 fully saturated rings. The summed E-state index contributed by atoms with van der Waals surface area (Å²) in [6, 6.07) is 9.14. The maximum atomic E-state index is 13.0. The van der Waals surface area contributed by atoms with Crippen LogP contribution < -0.4 is 15.8 Å². The van der Waals surface area contributed by atoms with Gasteiger partial charge in [0.2, 0.25) is 11.8 Å². The van der Waals surface area contributed by atoms with Gasteiger partial charge in [-0.2, -0.15) is 5.10 Å². The van der Waals surface area contributed by atoms with Crippen molar-refractivity contribution < 1.29 is 18.7 Å². The predicted octanol–water partition coefficient (Wildman–Crippen LogP) is 3.02. The number of rotatable bonds is 8. The quantitative estimate of drug-likeness (QED) is 0.415. The van der Waals surface area contributed by atoms with Gasteiger partial charge in [0.15, 0.2) is 5.65 Å². The Morgan fingerprint density at radius 3 is 2.56 bits per heavy atom. The second kappa shape index (κ2) is 9.65. The van der Waals surface area contributed by atoms with Crippen molar-refractivity contribution in [3.8, 4) is 11.6 Å². The van der Waals surface area contributed by atoms with E-state index in [-0.39, 0.29) is 23.7 Å². The normalized spacial score (nSPS) is 10.9. The van der Waals surface area contributed by atoms with Crippen LogP contribution in [0.2, 0.25) is 0 Å². The van der Waals surface area contributed by atoms with Gasteiger partial charge < -0.3 is 15.8 Å². The van der Waals surface area contributed by atoms with Crippen molar-refractivity contribution in [3.05, 3.63) is 82.7 Å². The Bertz CT molecular complexity index is 1350. The largest absolute Gasteiger partial charge is 0.439 e. The summed E-state index contributed by atoms with van der Waals surface area (Å²) >= 11 is 0. The molecule has 0 spiro atoms. The number of aromatic nitrogens is 4. The molecule has 4 aromatic rings. The number of hydrogen-bond acceptors (Lipinski definition) is 6. The lowest BCUT2D eigenvalue weighted by molar-refractivity contribution is -0.121. The van der Waals surface area contributed by atoms with Crippen molar-refractivity contribution in [2.75, 3.05) is 0 Å². The van der Waals surface area contributed by atoms with E-state index in [1.807, 2.05) is 13.8 Å². The van der Waals surface area contributed by atoms with Gasteiger partial charge in [-0.3, -0.25) is 9.59 Å². The molecule has 2 amide bonds. The maximum absolute atomic E-state index is 13.0. The van der Waals surface area contributed by atoms with Gasteiger partial charge in [-0.15, -0.1) is 0 Å². The summed E-state index contributed by atoms with van der Waals surface area (Å²) in [7, 11) is 0. The molecule has 174 valence electrons. The molecule has 3 N–H and O–H groups in total. The number of carbonyl (C=O) groups is 2. The fraction of sp³-hybridized carbons (Fsp3) is 0.208. The first kappa shape index (κ1) is 22.8. The summed E-state index contributed by atoms with van der Waals surface area (Å²) in [4.78, 5) is 32.6. The molecule has 0 aliphatic carbocycles. The molecule has 3 aromatic heterocycles. The van der Waals surface area contributed by atoms with Gasteiger partial charge in [-0.1, -0.05) is 6.07 Å². The van der Waals surface area contributed by atoms with Crippen LogP contribution in [0.5, 0.6) is 11.6 Å². The van der Waals surface area contributed by atoms with Crippen molar-refractivity contribution in [2.24, 2.45) is 5.73 Å². The van der Waals surface area contributed by atoms with Crippen LogP contribution in [0.4, 0.5) is 4.39 Å². The van der Waals surface area contributed by atoms with Crippen molar-refractivity contribution in [1.29, 1.82) is 0 Å². The number of halogens is 1. The zero-order valence-corrected chi connectivity index (χ0v) is 18.7. The van der Waals surface area contributed by atoms with Gasteiger partial charge in [-0.05, 0) is 55.7 Å². The number of nitrogens with one attached hydrogen (secondary N) is 1. The fourth-order valence-corrected chi connectivity index (χ4v) is 3.57. The van der Waals surface area contributed by atoms with Crippen LogP contribution in [0.25, 0.3) is 5.65 Å². The first-order valence-corrected chi connectivity index (χ1v) is 10.6. The monoisotopic (exact) mass is 462 g/mol. The molecule has 3 heterocycles. The topological polar surface area (TPSA) is 124 Å². The van der Waals surface area contributed by atoms with Crippen molar-refractivity contribution in [1.82, 2.24) is 24.9 Å². The Balaban J connectivity index is 1.32. The Labute approximate surface area is 194 Å². The predicted molar refractivity (Wildman–Crippen MR) is 122 cm³/mol. The van der Waals surface area contributed by atoms with E-state index >= 15 is 0 Å². The van der Waals surface area contributed by atoms with E-state index in [1.165, 1.54) is 30.5 Å². The van der Waals surface area contributed by atoms with E-state index in [2.05, 4.69) is 20.4 Å². The molecule has 0 aliphatic heterocycles. The molecule has 4 rings (SSSR count). The second-order valence-corrected chi connectivity index (χ2v) is 7.76. The highest BCUT2D eigenvalue weighted by Gasteiger charge is 2.17. The number of benzene rings is 1. The highest BCUT2D eigenvalue weighted by atomic mass is 19.1. The molecule has 0 atom stereocenters. The van der Waals surface area contributed by atoms with E-state index < -0.39 is 5.91 Å². The standard InChI is InChI=1S/C24H23FN6O3/c1-14-19(15(2)31-24(30-14)20(13-29-31)23(26)33)8-9-21(32)27-11-16-3-10-22(28-12-16)34-18-6-4-17(25)5-7-18/h3-7,10,12-13H,8-9,11H2,1-2H3,(H2,26,33)(H,27,32). The average molecular weight is 462 g/mol. The number of fused-ring (bicyclic) bond motifs is 1. The second-order valence-electron chi connectivity index (χ2n) is 7.76. The number of aryl methyl sites for hydroxylation is 2. The van der Waals surface area contributed by atoms with E-state index in [0.717, 1.165) is 22.5 Å². The van der Waals surface area contributed by atoms with Gasteiger partial charge in [0.05, 0.1) is 6.20 Å². The minimum absolute atomic E-state index is 0.121. The Morgan fingerprint density at radius 1 is 1.12 bits per heavy atom. The van der Waals surface area contributed by atoms with Crippen LogP contribution in [-0.2, 0) is 17.8 Å². The molecule has 0 unspecified atom stereocenters. The van der Waals surface area contributed by atoms with Crippen LogP contribution in [0.1, 0.15) is 39.3 Å². The van der Waals surface area contributed by atoms with E-state index in [1.54, 1.807) is 22.8 Å². The first-order chi connectivity index (χ1) is 16.3. The third-order valence-electron chi connectivity index (χ3n) is 5.40. The number of carbonyl (C=O) groups excluding carboxylic acids is 2. The summed E-state index contributed by atoms with van der Waals surface area (Å²) in [5.74, 6) is -0.197. The summed E-state index contributed by atoms with van der Waals surface area (Å²) in [5, 5.41) is 7.07. The zero-order valence-electron chi connectivity index (χ0n) is 18.7. The number of ether oxygens (including phenoxy) is 1. The van der Waals surface area contributed by atoms with Gasteiger partial charge >= 0.3 is 0 Å². The lowest BCUT2D eigenvalue weighted by Gasteiger charge is -2.12. The number of nitrogens with zero attached hydrogens (tertiary/aromatic N) is 4. The Hall–Kier alpha value is -4.34. The highest BCUT2D eigenvalue weighted by molar-refractivity contribution is 5.98. The lowest BCUT2D eigenvalue weighted by Crippen LogP contribution is -2.23. The van der Waals surface area contributed by atoms with E-state index in [0.29, 0.717) is 30.2 Å². The van der Waals surface area contributed by atoms with Crippen molar-refractivity contribution in [3.63, 3.8) is 0 Å². The van der Waals surface area contributed by atoms with E-state index in [9.17, 15) is 14.0 Å². The smallest absolute Gasteiger partial charge is 0.254 e.